The average molecular weight is 288 g/mol. The highest BCUT2D eigenvalue weighted by Gasteiger charge is 2.20. The molecule has 0 saturated carbocycles. The zero-order chi connectivity index (χ0) is 11.0. The molecule has 0 radical (unpaired) electrons. The van der Waals surface area contributed by atoms with Crippen molar-refractivity contribution in [3.63, 3.8) is 0 Å². The van der Waals surface area contributed by atoms with Crippen molar-refractivity contribution in [2.75, 3.05) is 0 Å². The fourth-order valence-electron chi connectivity index (χ4n) is 1.18. The van der Waals surface area contributed by atoms with Crippen molar-refractivity contribution in [1.82, 2.24) is 4.98 Å². The van der Waals surface area contributed by atoms with Crippen LogP contribution >= 0.6 is 27.3 Å². The number of rotatable bonds is 2. The quantitative estimate of drug-likeness (QED) is 0.921. The first-order valence-corrected chi connectivity index (χ1v) is 5.65. The summed E-state index contributed by atoms with van der Waals surface area (Å²) in [5.74, 6) is -0.858. The first-order chi connectivity index (χ1) is 7.08. The molecule has 2 heterocycles. The van der Waals surface area contributed by atoms with Crippen LogP contribution in [-0.2, 0) is 0 Å². The molecule has 2 aromatic heterocycles. The molecule has 0 aliphatic carbocycles. The number of nitrogens with zero attached hydrogens (tertiary/aromatic N) is 1. The SMILES string of the molecule is Cc1nc(-c2ccc(Br)s2)c(C(=O)O)o1. The Morgan fingerprint density at radius 2 is 2.33 bits per heavy atom. The fourth-order valence-corrected chi connectivity index (χ4v) is 2.55. The van der Waals surface area contributed by atoms with Crippen LogP contribution in [0.15, 0.2) is 20.3 Å². The summed E-state index contributed by atoms with van der Waals surface area (Å²) in [5.41, 5.74) is 0.385. The second-order valence-electron chi connectivity index (χ2n) is 2.82. The number of aromatic carboxylic acids is 1. The summed E-state index contributed by atoms with van der Waals surface area (Å²) < 4.78 is 5.95. The van der Waals surface area contributed by atoms with Crippen LogP contribution < -0.4 is 0 Å². The molecule has 0 atom stereocenters. The lowest BCUT2D eigenvalue weighted by molar-refractivity contribution is 0.0662. The normalized spacial score (nSPS) is 10.5. The summed E-state index contributed by atoms with van der Waals surface area (Å²) in [6, 6.07) is 3.65. The van der Waals surface area contributed by atoms with Gasteiger partial charge in [0, 0.05) is 6.92 Å². The van der Waals surface area contributed by atoms with Crippen molar-refractivity contribution in [3.05, 3.63) is 27.6 Å². The molecule has 0 amide bonds. The van der Waals surface area contributed by atoms with Gasteiger partial charge in [0.05, 0.1) is 8.66 Å². The van der Waals surface area contributed by atoms with Crippen LogP contribution in [0.2, 0.25) is 0 Å². The Balaban J connectivity index is 2.56. The molecule has 78 valence electrons. The van der Waals surface area contributed by atoms with Gasteiger partial charge in [0.25, 0.3) is 0 Å². The summed E-state index contributed by atoms with van der Waals surface area (Å²) in [6.45, 7) is 1.62. The predicted molar refractivity (Wildman–Crippen MR) is 59.2 cm³/mol. The average Bonchev–Trinajstić information content (AvgIpc) is 2.71. The van der Waals surface area contributed by atoms with Gasteiger partial charge in [0.2, 0.25) is 5.76 Å². The van der Waals surface area contributed by atoms with Crippen LogP contribution in [0.1, 0.15) is 16.4 Å². The predicted octanol–water partition coefficient (Wildman–Crippen LogP) is 3.17. The van der Waals surface area contributed by atoms with Gasteiger partial charge in [-0.1, -0.05) is 0 Å². The number of carboxylic acids is 1. The van der Waals surface area contributed by atoms with Crippen molar-refractivity contribution in [1.29, 1.82) is 0 Å². The Labute approximate surface area is 97.7 Å². The van der Waals surface area contributed by atoms with Gasteiger partial charge < -0.3 is 9.52 Å². The van der Waals surface area contributed by atoms with E-state index in [1.54, 1.807) is 13.0 Å². The Hall–Kier alpha value is -1.14. The van der Waals surface area contributed by atoms with Gasteiger partial charge in [-0.05, 0) is 28.1 Å². The maximum Gasteiger partial charge on any atom is 0.374 e. The summed E-state index contributed by atoms with van der Waals surface area (Å²) >= 11 is 4.73. The Kier molecular flexibility index (Phi) is 2.62. The smallest absolute Gasteiger partial charge is 0.374 e. The molecular weight excluding hydrogens is 282 g/mol. The highest BCUT2D eigenvalue weighted by atomic mass is 79.9. The minimum atomic E-state index is -1.10. The molecule has 0 saturated heterocycles. The molecule has 4 nitrogen and oxygen atoms in total. The van der Waals surface area contributed by atoms with E-state index in [9.17, 15) is 4.79 Å². The summed E-state index contributed by atoms with van der Waals surface area (Å²) in [4.78, 5) is 15.7. The van der Waals surface area contributed by atoms with E-state index in [1.165, 1.54) is 11.3 Å². The van der Waals surface area contributed by atoms with E-state index in [2.05, 4.69) is 20.9 Å². The van der Waals surface area contributed by atoms with Crippen molar-refractivity contribution < 1.29 is 14.3 Å². The molecule has 1 N–H and O–H groups in total. The van der Waals surface area contributed by atoms with E-state index < -0.39 is 5.97 Å². The zero-order valence-electron chi connectivity index (χ0n) is 7.65. The molecule has 2 aromatic rings. The molecular formula is C9H6BrNO3S. The minimum absolute atomic E-state index is 0.109. The van der Waals surface area contributed by atoms with E-state index in [-0.39, 0.29) is 5.76 Å². The highest BCUT2D eigenvalue weighted by molar-refractivity contribution is 9.11. The van der Waals surface area contributed by atoms with E-state index in [0.29, 0.717) is 11.6 Å². The van der Waals surface area contributed by atoms with E-state index in [0.717, 1.165) is 8.66 Å². The molecule has 0 aliphatic heterocycles. The van der Waals surface area contributed by atoms with E-state index >= 15 is 0 Å². The summed E-state index contributed by atoms with van der Waals surface area (Å²) in [6.07, 6.45) is 0. The third-order valence-corrected chi connectivity index (χ3v) is 3.37. The number of hydrogen-bond acceptors (Lipinski definition) is 4. The van der Waals surface area contributed by atoms with Crippen LogP contribution in [0.3, 0.4) is 0 Å². The second-order valence-corrected chi connectivity index (χ2v) is 5.28. The number of aryl methyl sites for hydroxylation is 1. The van der Waals surface area contributed by atoms with Gasteiger partial charge in [-0.3, -0.25) is 0 Å². The van der Waals surface area contributed by atoms with Crippen molar-refractivity contribution in [2.24, 2.45) is 0 Å². The topological polar surface area (TPSA) is 63.3 Å². The van der Waals surface area contributed by atoms with E-state index in [1.807, 2.05) is 6.07 Å². The number of hydrogen-bond donors (Lipinski definition) is 1. The molecule has 6 heteroatoms. The second kappa shape index (κ2) is 3.79. The summed E-state index contributed by atoms with van der Waals surface area (Å²) in [5, 5.41) is 8.91. The maximum absolute atomic E-state index is 10.9. The monoisotopic (exact) mass is 287 g/mol. The van der Waals surface area contributed by atoms with Crippen molar-refractivity contribution in [3.8, 4) is 10.6 Å². The molecule has 0 unspecified atom stereocenters. The van der Waals surface area contributed by atoms with Crippen LogP contribution in [-0.4, -0.2) is 16.1 Å². The lowest BCUT2D eigenvalue weighted by atomic mass is 10.3. The number of carbonyl (C=O) groups is 1. The largest absolute Gasteiger partial charge is 0.475 e. The molecule has 0 aromatic carbocycles. The van der Waals surface area contributed by atoms with Crippen molar-refractivity contribution in [2.45, 2.75) is 6.92 Å². The Morgan fingerprint density at radius 1 is 1.60 bits per heavy atom. The number of thiophene rings is 1. The molecule has 0 aliphatic rings. The first-order valence-electron chi connectivity index (χ1n) is 4.04. The lowest BCUT2D eigenvalue weighted by Crippen LogP contribution is -1.95. The first kappa shape index (κ1) is 10.4. The highest BCUT2D eigenvalue weighted by Crippen LogP contribution is 2.33. The van der Waals surface area contributed by atoms with Crippen molar-refractivity contribution >= 4 is 33.2 Å². The third-order valence-electron chi connectivity index (χ3n) is 1.73. The zero-order valence-corrected chi connectivity index (χ0v) is 10.1. The van der Waals surface area contributed by atoms with Gasteiger partial charge in [-0.15, -0.1) is 11.3 Å². The van der Waals surface area contributed by atoms with E-state index in [4.69, 9.17) is 9.52 Å². The number of oxazole rings is 1. The number of aromatic nitrogens is 1. The molecule has 15 heavy (non-hydrogen) atoms. The maximum atomic E-state index is 10.9. The lowest BCUT2D eigenvalue weighted by Gasteiger charge is -1.90. The minimum Gasteiger partial charge on any atom is -0.475 e. The fraction of sp³-hybridized carbons (Fsp3) is 0.111. The molecule has 0 bridgehead atoms. The third kappa shape index (κ3) is 1.95. The van der Waals surface area contributed by atoms with Crippen LogP contribution in [0, 0.1) is 6.92 Å². The standard InChI is InChI=1S/C9H6BrNO3S/c1-4-11-7(8(14-4)9(12)13)5-2-3-6(10)15-5/h2-3H,1H3,(H,12,13). The van der Waals surface area contributed by atoms with Crippen LogP contribution in [0.5, 0.6) is 0 Å². The van der Waals surface area contributed by atoms with Gasteiger partial charge in [-0.25, -0.2) is 9.78 Å². The Bertz CT molecular complexity index is 517. The van der Waals surface area contributed by atoms with Gasteiger partial charge >= 0.3 is 5.97 Å². The number of halogens is 1. The van der Waals surface area contributed by atoms with Crippen LogP contribution in [0.25, 0.3) is 10.6 Å². The van der Waals surface area contributed by atoms with Gasteiger partial charge in [0.1, 0.15) is 5.69 Å². The number of carboxylic acid groups (broad SMARTS) is 1. The summed E-state index contributed by atoms with van der Waals surface area (Å²) in [7, 11) is 0. The van der Waals surface area contributed by atoms with Gasteiger partial charge in [-0.2, -0.15) is 0 Å². The molecule has 2 rings (SSSR count). The van der Waals surface area contributed by atoms with Crippen LogP contribution in [0.4, 0.5) is 0 Å². The van der Waals surface area contributed by atoms with Gasteiger partial charge in [0.15, 0.2) is 5.89 Å². The molecule has 0 fully saturated rings. The Morgan fingerprint density at radius 3 is 2.87 bits per heavy atom. The molecule has 0 spiro atoms.